The SMILES string of the molecule is CC(=NO)C(C)(C)N(O)Cc1ccccc1. The van der Waals surface area contributed by atoms with Crippen LogP contribution < -0.4 is 0 Å². The van der Waals surface area contributed by atoms with Crippen molar-refractivity contribution in [3.63, 3.8) is 0 Å². The molecule has 0 aliphatic rings. The van der Waals surface area contributed by atoms with Gasteiger partial charge in [0.2, 0.25) is 0 Å². The average Bonchev–Trinajstić information content (AvgIpc) is 2.29. The molecule has 88 valence electrons. The maximum atomic E-state index is 9.97. The Balaban J connectivity index is 2.76. The fourth-order valence-electron chi connectivity index (χ4n) is 1.26. The van der Waals surface area contributed by atoms with Crippen LogP contribution in [-0.4, -0.2) is 26.7 Å². The van der Waals surface area contributed by atoms with Gasteiger partial charge in [-0.25, -0.2) is 0 Å². The predicted octanol–water partition coefficient (Wildman–Crippen LogP) is 2.51. The summed E-state index contributed by atoms with van der Waals surface area (Å²) in [4.78, 5) is 0. The summed E-state index contributed by atoms with van der Waals surface area (Å²) in [6, 6.07) is 9.64. The highest BCUT2D eigenvalue weighted by molar-refractivity contribution is 5.89. The van der Waals surface area contributed by atoms with Crippen molar-refractivity contribution in [1.29, 1.82) is 0 Å². The molecule has 0 saturated heterocycles. The maximum absolute atomic E-state index is 9.97. The first kappa shape index (κ1) is 12.7. The first-order valence-corrected chi connectivity index (χ1v) is 5.18. The smallest absolute Gasteiger partial charge is 0.0818 e. The summed E-state index contributed by atoms with van der Waals surface area (Å²) in [6.45, 7) is 5.66. The molecule has 1 rings (SSSR count). The molecule has 0 aliphatic carbocycles. The van der Waals surface area contributed by atoms with E-state index in [0.717, 1.165) is 10.6 Å². The number of benzene rings is 1. The molecule has 16 heavy (non-hydrogen) atoms. The van der Waals surface area contributed by atoms with Crippen LogP contribution >= 0.6 is 0 Å². The molecule has 0 saturated carbocycles. The minimum absolute atomic E-state index is 0.390. The van der Waals surface area contributed by atoms with Gasteiger partial charge in [0.05, 0.1) is 11.3 Å². The summed E-state index contributed by atoms with van der Waals surface area (Å²) in [5, 5.41) is 23.0. The molecule has 2 N–H and O–H groups in total. The minimum Gasteiger partial charge on any atom is -0.411 e. The van der Waals surface area contributed by atoms with Crippen molar-refractivity contribution in [2.45, 2.75) is 32.9 Å². The van der Waals surface area contributed by atoms with Crippen molar-refractivity contribution in [2.24, 2.45) is 5.16 Å². The van der Waals surface area contributed by atoms with E-state index in [1.165, 1.54) is 0 Å². The van der Waals surface area contributed by atoms with Crippen LogP contribution in [0.5, 0.6) is 0 Å². The molecular formula is C12H18N2O2. The van der Waals surface area contributed by atoms with Crippen LogP contribution in [0.15, 0.2) is 35.5 Å². The lowest BCUT2D eigenvalue weighted by molar-refractivity contribution is -0.146. The van der Waals surface area contributed by atoms with Gasteiger partial charge < -0.3 is 10.4 Å². The molecule has 0 fully saturated rings. The third kappa shape index (κ3) is 2.81. The van der Waals surface area contributed by atoms with Crippen LogP contribution in [0.25, 0.3) is 0 Å². The molecule has 0 unspecified atom stereocenters. The predicted molar refractivity (Wildman–Crippen MR) is 62.7 cm³/mol. The van der Waals surface area contributed by atoms with Crippen molar-refractivity contribution < 1.29 is 10.4 Å². The van der Waals surface area contributed by atoms with Gasteiger partial charge in [-0.05, 0) is 26.3 Å². The lowest BCUT2D eigenvalue weighted by Crippen LogP contribution is -2.46. The van der Waals surface area contributed by atoms with Crippen LogP contribution in [0.4, 0.5) is 0 Å². The zero-order valence-corrected chi connectivity index (χ0v) is 9.88. The quantitative estimate of drug-likeness (QED) is 0.467. The summed E-state index contributed by atoms with van der Waals surface area (Å²) < 4.78 is 0. The summed E-state index contributed by atoms with van der Waals surface area (Å²) in [5.41, 5.74) is 0.777. The Labute approximate surface area is 95.8 Å². The zero-order chi connectivity index (χ0) is 12.2. The van der Waals surface area contributed by atoms with Crippen LogP contribution in [-0.2, 0) is 6.54 Å². The van der Waals surface area contributed by atoms with Gasteiger partial charge in [-0.3, -0.25) is 0 Å². The second-order valence-electron chi connectivity index (χ2n) is 4.29. The Hall–Kier alpha value is -1.39. The Bertz CT molecular complexity index is 361. The van der Waals surface area contributed by atoms with Crippen molar-refractivity contribution in [2.75, 3.05) is 0 Å². The van der Waals surface area contributed by atoms with E-state index in [2.05, 4.69) is 5.16 Å². The van der Waals surface area contributed by atoms with Gasteiger partial charge in [-0.15, -0.1) is 0 Å². The lowest BCUT2D eigenvalue weighted by atomic mass is 9.98. The van der Waals surface area contributed by atoms with Gasteiger partial charge in [-0.2, -0.15) is 5.06 Å². The highest BCUT2D eigenvalue weighted by Crippen LogP contribution is 2.17. The summed E-state index contributed by atoms with van der Waals surface area (Å²) in [6.07, 6.45) is 0. The van der Waals surface area contributed by atoms with Crippen LogP contribution in [0.3, 0.4) is 0 Å². The monoisotopic (exact) mass is 222 g/mol. The minimum atomic E-state index is -0.690. The Morgan fingerprint density at radius 3 is 2.38 bits per heavy atom. The molecule has 0 aromatic heterocycles. The molecule has 0 aliphatic heterocycles. The fraction of sp³-hybridized carbons (Fsp3) is 0.417. The Morgan fingerprint density at radius 1 is 1.31 bits per heavy atom. The number of rotatable bonds is 4. The van der Waals surface area contributed by atoms with E-state index >= 15 is 0 Å². The molecular weight excluding hydrogens is 204 g/mol. The van der Waals surface area contributed by atoms with Gasteiger partial charge in [0.15, 0.2) is 0 Å². The molecule has 0 amide bonds. The lowest BCUT2D eigenvalue weighted by Gasteiger charge is -2.32. The number of hydrogen-bond acceptors (Lipinski definition) is 4. The van der Waals surface area contributed by atoms with Crippen LogP contribution in [0.1, 0.15) is 26.3 Å². The summed E-state index contributed by atoms with van der Waals surface area (Å²) in [5.74, 6) is 0. The molecule has 4 nitrogen and oxygen atoms in total. The normalized spacial score (nSPS) is 13.2. The second kappa shape index (κ2) is 5.09. The molecule has 1 aromatic carbocycles. The largest absolute Gasteiger partial charge is 0.411 e. The summed E-state index contributed by atoms with van der Waals surface area (Å²) in [7, 11) is 0. The van der Waals surface area contributed by atoms with Gasteiger partial charge in [0, 0.05) is 6.54 Å². The second-order valence-corrected chi connectivity index (χ2v) is 4.29. The number of oxime groups is 1. The van der Waals surface area contributed by atoms with E-state index in [1.54, 1.807) is 20.8 Å². The number of hydrogen-bond donors (Lipinski definition) is 2. The first-order valence-electron chi connectivity index (χ1n) is 5.18. The molecule has 4 heteroatoms. The topological polar surface area (TPSA) is 56.1 Å². The van der Waals surface area contributed by atoms with Crippen molar-refractivity contribution in [3.05, 3.63) is 35.9 Å². The van der Waals surface area contributed by atoms with E-state index in [1.807, 2.05) is 30.3 Å². The van der Waals surface area contributed by atoms with Gasteiger partial charge in [-0.1, -0.05) is 35.5 Å². The maximum Gasteiger partial charge on any atom is 0.0818 e. The van der Waals surface area contributed by atoms with E-state index < -0.39 is 5.54 Å². The number of hydroxylamine groups is 2. The van der Waals surface area contributed by atoms with Gasteiger partial charge in [0.1, 0.15) is 0 Å². The average molecular weight is 222 g/mol. The summed E-state index contributed by atoms with van der Waals surface area (Å²) >= 11 is 0. The fourth-order valence-corrected chi connectivity index (χ4v) is 1.26. The molecule has 0 bridgehead atoms. The van der Waals surface area contributed by atoms with E-state index in [4.69, 9.17) is 5.21 Å². The van der Waals surface area contributed by atoms with Crippen LogP contribution in [0, 0.1) is 0 Å². The third-order valence-electron chi connectivity index (χ3n) is 2.86. The standard InChI is InChI=1S/C12H18N2O2/c1-10(13-15)12(2,3)14(16)9-11-7-5-4-6-8-11/h4-8,15-16H,9H2,1-3H3. The zero-order valence-electron chi connectivity index (χ0n) is 9.88. The molecule has 1 aromatic rings. The van der Waals surface area contributed by atoms with Crippen LogP contribution in [0.2, 0.25) is 0 Å². The third-order valence-corrected chi connectivity index (χ3v) is 2.86. The van der Waals surface area contributed by atoms with E-state index in [0.29, 0.717) is 12.3 Å². The molecule has 0 radical (unpaired) electrons. The Morgan fingerprint density at radius 2 is 1.88 bits per heavy atom. The van der Waals surface area contributed by atoms with Gasteiger partial charge >= 0.3 is 0 Å². The van der Waals surface area contributed by atoms with E-state index in [-0.39, 0.29) is 0 Å². The molecule has 0 atom stereocenters. The Kier molecular flexibility index (Phi) is 4.04. The molecule has 0 spiro atoms. The highest BCUT2D eigenvalue weighted by Gasteiger charge is 2.29. The van der Waals surface area contributed by atoms with Crippen molar-refractivity contribution in [1.82, 2.24) is 5.06 Å². The first-order chi connectivity index (χ1) is 7.48. The highest BCUT2D eigenvalue weighted by atomic mass is 16.5. The van der Waals surface area contributed by atoms with Gasteiger partial charge in [0.25, 0.3) is 0 Å². The van der Waals surface area contributed by atoms with Crippen molar-refractivity contribution in [3.8, 4) is 0 Å². The van der Waals surface area contributed by atoms with E-state index in [9.17, 15) is 5.21 Å². The number of nitrogens with zero attached hydrogens (tertiary/aromatic N) is 2. The van der Waals surface area contributed by atoms with Crippen molar-refractivity contribution >= 4 is 5.71 Å². The molecule has 0 heterocycles.